The van der Waals surface area contributed by atoms with Gasteiger partial charge in [0, 0.05) is 5.56 Å². The summed E-state index contributed by atoms with van der Waals surface area (Å²) in [6.07, 6.45) is 0. The molecule has 4 aromatic rings. The highest BCUT2D eigenvalue weighted by atomic mass is 16.5. The van der Waals surface area contributed by atoms with Gasteiger partial charge in [-0.15, -0.1) is 0 Å². The molecule has 2 spiro atoms. The number of rotatable bonds is 3. The van der Waals surface area contributed by atoms with Crippen LogP contribution >= 0.6 is 0 Å². The summed E-state index contributed by atoms with van der Waals surface area (Å²) in [5.74, 6) is -0.119. The Morgan fingerprint density at radius 1 is 0.605 bits per heavy atom. The Morgan fingerprint density at radius 2 is 1.14 bits per heavy atom. The molecule has 2 aliphatic heterocycles. The number of urea groups is 2. The summed E-state index contributed by atoms with van der Waals surface area (Å²) in [5.41, 5.74) is 3.83. The van der Waals surface area contributed by atoms with Crippen LogP contribution in [-0.2, 0) is 20.7 Å². The molecule has 43 heavy (non-hydrogen) atoms. The van der Waals surface area contributed by atoms with E-state index >= 15 is 0 Å². The van der Waals surface area contributed by atoms with Crippen molar-refractivity contribution >= 4 is 23.9 Å². The van der Waals surface area contributed by atoms with Gasteiger partial charge in [0.05, 0.1) is 6.61 Å². The molecule has 0 saturated carbocycles. The van der Waals surface area contributed by atoms with Crippen LogP contribution in [0.3, 0.4) is 0 Å². The van der Waals surface area contributed by atoms with E-state index in [0.717, 1.165) is 33.4 Å². The van der Waals surface area contributed by atoms with Crippen LogP contribution < -0.4 is 26.0 Å². The van der Waals surface area contributed by atoms with Gasteiger partial charge in [0.2, 0.25) is 0 Å². The summed E-state index contributed by atoms with van der Waals surface area (Å²) in [5, 5.41) is 28.7. The second-order valence-electron chi connectivity index (χ2n) is 10.4. The minimum absolute atomic E-state index is 0.0975. The number of carbonyl (C=O) groups excluding carboxylic acids is 4. The molecule has 8 rings (SSSR count). The van der Waals surface area contributed by atoms with Crippen molar-refractivity contribution in [1.82, 2.24) is 21.3 Å². The number of hydrogen-bond donors (Lipinski definition) is 6. The maximum atomic E-state index is 12.6. The van der Waals surface area contributed by atoms with E-state index in [9.17, 15) is 24.3 Å². The zero-order valence-electron chi connectivity index (χ0n) is 22.4. The highest BCUT2D eigenvalue weighted by Gasteiger charge is 2.56. The van der Waals surface area contributed by atoms with Crippen LogP contribution in [-0.4, -0.2) is 47.3 Å². The zero-order chi connectivity index (χ0) is 29.9. The molecular formula is C32H24N4O7. The Hall–Kier alpha value is -5.68. The minimum Gasteiger partial charge on any atom is -0.508 e. The lowest BCUT2D eigenvalue weighted by atomic mass is 9.87. The number of ether oxygens (including phenoxy) is 1. The van der Waals surface area contributed by atoms with E-state index in [1.54, 1.807) is 24.3 Å². The van der Waals surface area contributed by atoms with Gasteiger partial charge < -0.3 is 25.6 Å². The average molecular weight is 577 g/mol. The topological polar surface area (TPSA) is 166 Å². The molecule has 0 radical (unpaired) electrons. The van der Waals surface area contributed by atoms with Crippen LogP contribution in [0.1, 0.15) is 22.3 Å². The van der Waals surface area contributed by atoms with Crippen molar-refractivity contribution in [3.63, 3.8) is 0 Å². The molecule has 4 aromatic carbocycles. The minimum atomic E-state index is -1.22. The Morgan fingerprint density at radius 3 is 1.72 bits per heavy atom. The molecule has 214 valence electrons. The van der Waals surface area contributed by atoms with Gasteiger partial charge in [-0.1, -0.05) is 60.7 Å². The van der Waals surface area contributed by atoms with E-state index in [2.05, 4.69) is 21.3 Å². The molecular weight excluding hydrogens is 552 g/mol. The smallest absolute Gasteiger partial charge is 0.322 e. The Balaban J connectivity index is 0.000000141. The van der Waals surface area contributed by atoms with Gasteiger partial charge in [-0.05, 0) is 63.2 Å². The van der Waals surface area contributed by atoms with Gasteiger partial charge in [-0.3, -0.25) is 20.2 Å². The average Bonchev–Trinajstić information content (AvgIpc) is 3.67. The van der Waals surface area contributed by atoms with E-state index in [1.165, 1.54) is 6.07 Å². The van der Waals surface area contributed by atoms with Gasteiger partial charge in [0.25, 0.3) is 11.8 Å². The molecule has 4 aliphatic rings. The third kappa shape index (κ3) is 3.65. The molecule has 0 aromatic heterocycles. The summed E-state index contributed by atoms with van der Waals surface area (Å²) < 4.78 is 5.45. The number of hydrogen-bond acceptors (Lipinski definition) is 7. The van der Waals surface area contributed by atoms with E-state index in [4.69, 9.17) is 9.84 Å². The quantitative estimate of drug-likeness (QED) is 0.204. The van der Waals surface area contributed by atoms with Crippen LogP contribution in [0.5, 0.6) is 11.5 Å². The lowest BCUT2D eigenvalue weighted by Crippen LogP contribution is -2.43. The monoisotopic (exact) mass is 576 g/mol. The van der Waals surface area contributed by atoms with E-state index in [1.807, 2.05) is 54.6 Å². The van der Waals surface area contributed by atoms with Crippen LogP contribution in [0.4, 0.5) is 9.59 Å². The largest absolute Gasteiger partial charge is 0.508 e. The fourth-order valence-electron chi connectivity index (χ4n) is 6.45. The van der Waals surface area contributed by atoms with Crippen LogP contribution in [0.25, 0.3) is 22.3 Å². The normalized spacial score (nSPS) is 21.6. The third-order valence-corrected chi connectivity index (χ3v) is 8.14. The van der Waals surface area contributed by atoms with E-state index < -0.39 is 29.0 Å². The first-order valence-electron chi connectivity index (χ1n) is 13.5. The fraction of sp³-hybridized carbons (Fsp3) is 0.125. The van der Waals surface area contributed by atoms with Crippen molar-refractivity contribution in [3.05, 3.63) is 107 Å². The summed E-state index contributed by atoms with van der Waals surface area (Å²) in [7, 11) is 0. The predicted octanol–water partition coefficient (Wildman–Crippen LogP) is 2.58. The van der Waals surface area contributed by atoms with Gasteiger partial charge in [-0.2, -0.15) is 0 Å². The number of amides is 6. The van der Waals surface area contributed by atoms with Crippen LogP contribution in [0.15, 0.2) is 84.9 Å². The third-order valence-electron chi connectivity index (χ3n) is 8.14. The first-order valence-corrected chi connectivity index (χ1v) is 13.5. The van der Waals surface area contributed by atoms with Gasteiger partial charge in [0.15, 0.2) is 11.1 Å². The molecule has 2 atom stereocenters. The number of phenolic OH excluding ortho intramolecular Hbond substituents is 1. The number of fused-ring (bicyclic) bond motifs is 10. The number of phenols is 1. The van der Waals surface area contributed by atoms with Crippen molar-refractivity contribution in [2.75, 3.05) is 13.2 Å². The Labute approximate surface area is 244 Å². The number of imide groups is 2. The Bertz CT molecular complexity index is 1890. The molecule has 2 unspecified atom stereocenters. The van der Waals surface area contributed by atoms with E-state index in [0.29, 0.717) is 16.9 Å². The standard InChI is InChI=1S/C17H14N2O4.C15H10N2O3/c20-7-8-23-10-5-6-12-11-3-1-2-4-13(11)17(14(12)9-10)15(21)18-16(22)19-17;18-8-5-6-12-10(7-8)9-3-1-2-4-11(9)15(12)13(19)16-14(20)17-15/h1-6,9,20H,7-8H2,(H2,18,19,21,22);1-7,18H,(H2,16,17,19,20). The molecule has 11 heteroatoms. The second-order valence-corrected chi connectivity index (χ2v) is 10.4. The van der Waals surface area contributed by atoms with Crippen molar-refractivity contribution in [2.45, 2.75) is 11.1 Å². The number of aliphatic hydroxyl groups is 1. The van der Waals surface area contributed by atoms with Crippen molar-refractivity contribution < 1.29 is 34.1 Å². The molecule has 2 aliphatic carbocycles. The second kappa shape index (κ2) is 9.43. The summed E-state index contributed by atoms with van der Waals surface area (Å²) >= 11 is 0. The number of aliphatic hydroxyl groups excluding tert-OH is 1. The predicted molar refractivity (Wildman–Crippen MR) is 153 cm³/mol. The van der Waals surface area contributed by atoms with Crippen molar-refractivity contribution in [3.8, 4) is 33.8 Å². The maximum absolute atomic E-state index is 12.6. The Kier molecular flexibility index (Phi) is 5.75. The molecule has 0 bridgehead atoms. The SMILES string of the molecule is O=C1NC(=O)C2(N1)c1ccccc1-c1cc(O)ccc12.O=C1NC(=O)C2(N1)c1ccccc1-c1ccc(OCCO)cc12. The first kappa shape index (κ1) is 26.2. The molecule has 2 heterocycles. The maximum Gasteiger partial charge on any atom is 0.322 e. The number of aromatic hydroxyl groups is 1. The van der Waals surface area contributed by atoms with Crippen molar-refractivity contribution in [2.24, 2.45) is 0 Å². The molecule has 2 saturated heterocycles. The number of nitrogens with one attached hydrogen (secondary N) is 4. The van der Waals surface area contributed by atoms with Crippen LogP contribution in [0, 0.1) is 0 Å². The molecule has 6 amide bonds. The number of carbonyl (C=O) groups is 4. The van der Waals surface area contributed by atoms with E-state index in [-0.39, 0.29) is 24.9 Å². The first-order chi connectivity index (χ1) is 20.8. The van der Waals surface area contributed by atoms with Gasteiger partial charge in [0.1, 0.15) is 18.1 Å². The summed E-state index contributed by atoms with van der Waals surface area (Å²) in [4.78, 5) is 48.3. The highest BCUT2D eigenvalue weighted by Crippen LogP contribution is 2.51. The fourth-order valence-corrected chi connectivity index (χ4v) is 6.45. The lowest BCUT2D eigenvalue weighted by Gasteiger charge is -2.23. The molecule has 6 N–H and O–H groups in total. The summed E-state index contributed by atoms with van der Waals surface area (Å²) in [6, 6.07) is 24.1. The lowest BCUT2D eigenvalue weighted by molar-refractivity contribution is -0.123. The number of benzene rings is 4. The molecule has 2 fully saturated rings. The highest BCUT2D eigenvalue weighted by molar-refractivity contribution is 6.14. The van der Waals surface area contributed by atoms with Gasteiger partial charge >= 0.3 is 12.1 Å². The zero-order valence-corrected chi connectivity index (χ0v) is 22.4. The van der Waals surface area contributed by atoms with Gasteiger partial charge in [-0.25, -0.2) is 9.59 Å². The van der Waals surface area contributed by atoms with Crippen LogP contribution in [0.2, 0.25) is 0 Å². The summed E-state index contributed by atoms with van der Waals surface area (Å²) in [6.45, 7) is 0.0664. The molecule has 11 nitrogen and oxygen atoms in total. The van der Waals surface area contributed by atoms with Crippen molar-refractivity contribution in [1.29, 1.82) is 0 Å².